The molecule has 0 fully saturated rings. The van der Waals surface area contributed by atoms with Crippen LogP contribution in [0.5, 0.6) is 5.75 Å². The topological polar surface area (TPSA) is 50.8 Å². The second-order valence-electron chi connectivity index (χ2n) is 7.62. The maximum absolute atomic E-state index is 11.3. The molecule has 0 bridgehead atoms. The lowest BCUT2D eigenvalue weighted by molar-refractivity contribution is -0.114. The van der Waals surface area contributed by atoms with Crippen molar-refractivity contribution in [1.29, 1.82) is 0 Å². The van der Waals surface area contributed by atoms with Gasteiger partial charge in [-0.15, -0.1) is 11.3 Å². The summed E-state index contributed by atoms with van der Waals surface area (Å²) in [7, 11) is 0. The fourth-order valence-electron chi connectivity index (χ4n) is 3.87. The molecule has 0 unspecified atom stereocenters. The summed E-state index contributed by atoms with van der Waals surface area (Å²) in [5.41, 5.74) is 3.47. The van der Waals surface area contributed by atoms with Crippen molar-refractivity contribution in [2.75, 3.05) is 25.1 Å². The van der Waals surface area contributed by atoms with Gasteiger partial charge in [0.2, 0.25) is 5.91 Å². The Labute approximate surface area is 187 Å². The van der Waals surface area contributed by atoms with Crippen LogP contribution < -0.4 is 10.1 Å². The smallest absolute Gasteiger partial charge is 0.221 e. The maximum atomic E-state index is 11.3. The first-order chi connectivity index (χ1) is 15.1. The fraction of sp³-hybridized carbons (Fsp3) is 0.320. The van der Waals surface area contributed by atoms with Crippen LogP contribution in [0.4, 0.5) is 5.00 Å². The molecule has 6 heteroatoms. The van der Waals surface area contributed by atoms with Crippen LogP contribution in [0.3, 0.4) is 0 Å². The largest absolute Gasteiger partial charge is 0.492 e. The van der Waals surface area contributed by atoms with E-state index in [-0.39, 0.29) is 12.0 Å². The monoisotopic (exact) mass is 436 g/mol. The van der Waals surface area contributed by atoms with E-state index in [4.69, 9.17) is 9.47 Å². The van der Waals surface area contributed by atoms with Crippen molar-refractivity contribution in [3.05, 3.63) is 82.2 Å². The van der Waals surface area contributed by atoms with Crippen LogP contribution in [0.1, 0.15) is 41.5 Å². The number of carbonyl (C=O) groups excluding carboxylic acids is 1. The molecule has 5 nitrogen and oxygen atoms in total. The molecule has 1 amide bonds. The molecule has 1 aliphatic heterocycles. The normalized spacial score (nSPS) is 14.9. The van der Waals surface area contributed by atoms with Gasteiger partial charge in [0.05, 0.1) is 5.00 Å². The van der Waals surface area contributed by atoms with Gasteiger partial charge in [-0.2, -0.15) is 0 Å². The number of benzene rings is 2. The molecule has 31 heavy (non-hydrogen) atoms. The highest BCUT2D eigenvalue weighted by Gasteiger charge is 2.20. The third-order valence-corrected chi connectivity index (χ3v) is 6.21. The molecule has 1 aliphatic rings. The van der Waals surface area contributed by atoms with Gasteiger partial charge in [0.15, 0.2) is 0 Å². The Balaban J connectivity index is 1.53. The first-order valence-corrected chi connectivity index (χ1v) is 11.4. The molecule has 1 aromatic heterocycles. The molecule has 0 radical (unpaired) electrons. The Bertz CT molecular complexity index is 1020. The van der Waals surface area contributed by atoms with E-state index in [9.17, 15) is 4.79 Å². The predicted octanol–water partition coefficient (Wildman–Crippen LogP) is 5.23. The van der Waals surface area contributed by atoms with E-state index in [1.165, 1.54) is 17.4 Å². The van der Waals surface area contributed by atoms with Crippen molar-refractivity contribution in [3.63, 3.8) is 0 Å². The lowest BCUT2D eigenvalue weighted by Gasteiger charge is -2.21. The second kappa shape index (κ2) is 10.1. The van der Waals surface area contributed by atoms with Crippen LogP contribution >= 0.6 is 11.3 Å². The molecular formula is C25H28N2O3S. The number of hydrogen-bond acceptors (Lipinski definition) is 5. The highest BCUT2D eigenvalue weighted by molar-refractivity contribution is 7.16. The number of ether oxygens (including phenoxy) is 2. The van der Waals surface area contributed by atoms with E-state index in [0.29, 0.717) is 13.2 Å². The molecule has 1 N–H and O–H groups in total. The van der Waals surface area contributed by atoms with Gasteiger partial charge in [0, 0.05) is 43.6 Å². The van der Waals surface area contributed by atoms with E-state index in [0.717, 1.165) is 41.5 Å². The second-order valence-corrected chi connectivity index (χ2v) is 8.79. The molecule has 1 atom stereocenters. The molecule has 0 spiro atoms. The van der Waals surface area contributed by atoms with E-state index in [1.807, 2.05) is 31.2 Å². The number of nitrogens with zero attached hydrogens (tertiary/aromatic N) is 1. The summed E-state index contributed by atoms with van der Waals surface area (Å²) in [6, 6.07) is 20.8. The van der Waals surface area contributed by atoms with E-state index >= 15 is 0 Å². The summed E-state index contributed by atoms with van der Waals surface area (Å²) >= 11 is 1.62. The zero-order valence-electron chi connectivity index (χ0n) is 18.0. The van der Waals surface area contributed by atoms with Gasteiger partial charge in [-0.3, -0.25) is 9.69 Å². The highest BCUT2D eigenvalue weighted by Crippen LogP contribution is 2.32. The van der Waals surface area contributed by atoms with Crippen LogP contribution in [0.25, 0.3) is 0 Å². The van der Waals surface area contributed by atoms with Crippen LogP contribution in [-0.4, -0.2) is 30.6 Å². The molecule has 162 valence electrons. The summed E-state index contributed by atoms with van der Waals surface area (Å²) in [4.78, 5) is 14.9. The number of rotatable bonds is 7. The number of thiophene rings is 1. The molecular weight excluding hydrogens is 408 g/mol. The maximum Gasteiger partial charge on any atom is 0.221 e. The van der Waals surface area contributed by atoms with Gasteiger partial charge in [0.25, 0.3) is 0 Å². The minimum absolute atomic E-state index is 0.0414. The summed E-state index contributed by atoms with van der Waals surface area (Å²) in [5, 5.41) is 3.75. The van der Waals surface area contributed by atoms with Gasteiger partial charge in [-0.05, 0) is 42.3 Å². The first-order valence-electron chi connectivity index (χ1n) is 10.6. The van der Waals surface area contributed by atoms with E-state index in [1.54, 1.807) is 11.3 Å². The van der Waals surface area contributed by atoms with Gasteiger partial charge in [-0.25, -0.2) is 0 Å². The molecule has 2 aromatic carbocycles. The van der Waals surface area contributed by atoms with Crippen molar-refractivity contribution in [1.82, 2.24) is 4.90 Å². The van der Waals surface area contributed by atoms with E-state index < -0.39 is 0 Å². The number of anilines is 1. The van der Waals surface area contributed by atoms with Gasteiger partial charge < -0.3 is 14.8 Å². The Hall–Kier alpha value is -2.67. The molecule has 4 rings (SSSR count). The van der Waals surface area contributed by atoms with Gasteiger partial charge in [0.1, 0.15) is 18.5 Å². The van der Waals surface area contributed by atoms with Crippen molar-refractivity contribution >= 4 is 22.2 Å². The first kappa shape index (κ1) is 21.6. The predicted molar refractivity (Wildman–Crippen MR) is 125 cm³/mol. The molecule has 0 aliphatic carbocycles. The zero-order chi connectivity index (χ0) is 21.6. The van der Waals surface area contributed by atoms with Crippen molar-refractivity contribution in [2.24, 2.45) is 0 Å². The van der Waals surface area contributed by atoms with Crippen molar-refractivity contribution in [3.8, 4) is 5.75 Å². The van der Waals surface area contributed by atoms with Crippen LogP contribution in [0.2, 0.25) is 0 Å². The Morgan fingerprint density at radius 3 is 2.77 bits per heavy atom. The number of fused-ring (bicyclic) bond motifs is 1. The highest BCUT2D eigenvalue weighted by atomic mass is 32.1. The van der Waals surface area contributed by atoms with Crippen LogP contribution in [0.15, 0.2) is 60.7 Å². The minimum Gasteiger partial charge on any atom is -0.492 e. The van der Waals surface area contributed by atoms with Crippen LogP contribution in [-0.2, 0) is 22.6 Å². The van der Waals surface area contributed by atoms with Gasteiger partial charge in [-0.1, -0.05) is 36.4 Å². The minimum atomic E-state index is -0.0919. The Morgan fingerprint density at radius 2 is 2.00 bits per heavy atom. The summed E-state index contributed by atoms with van der Waals surface area (Å²) < 4.78 is 12.1. The van der Waals surface area contributed by atoms with E-state index in [2.05, 4.69) is 46.6 Å². The molecule has 0 saturated heterocycles. The van der Waals surface area contributed by atoms with Crippen molar-refractivity contribution < 1.29 is 14.3 Å². The number of hydrogen-bond donors (Lipinski definition) is 1. The SMILES string of the molecule is CCO[C@H](c1ccccc1)c1ccc2c(c1)CN(Cc1ccc(NC(C)=O)s1)CCO2. The molecule has 2 heterocycles. The summed E-state index contributed by atoms with van der Waals surface area (Å²) in [5.74, 6) is 0.903. The quantitative estimate of drug-likeness (QED) is 0.551. The molecule has 0 saturated carbocycles. The summed E-state index contributed by atoms with van der Waals surface area (Å²) in [6.45, 7) is 7.35. The third-order valence-electron chi connectivity index (χ3n) is 5.22. The Kier molecular flexibility index (Phi) is 7.02. The lowest BCUT2D eigenvalue weighted by Crippen LogP contribution is -2.24. The standard InChI is InChI=1S/C25H28N2O3S/c1-3-29-25(19-7-5-4-6-8-19)20-9-11-23-21(15-20)16-27(13-14-30-23)17-22-10-12-24(31-22)26-18(2)28/h4-12,15,25H,3,13-14,16-17H2,1-2H3,(H,26,28)/t25-/m1/s1. The lowest BCUT2D eigenvalue weighted by atomic mass is 9.99. The zero-order valence-corrected chi connectivity index (χ0v) is 18.8. The average Bonchev–Trinajstić information content (AvgIpc) is 3.08. The van der Waals surface area contributed by atoms with Crippen molar-refractivity contribution in [2.45, 2.75) is 33.0 Å². The number of amides is 1. The molecule has 3 aromatic rings. The van der Waals surface area contributed by atoms with Gasteiger partial charge >= 0.3 is 0 Å². The average molecular weight is 437 g/mol. The fourth-order valence-corrected chi connectivity index (χ4v) is 4.87. The summed E-state index contributed by atoms with van der Waals surface area (Å²) in [6.07, 6.45) is -0.0919. The van der Waals surface area contributed by atoms with Crippen LogP contribution in [0, 0.1) is 0 Å². The number of nitrogens with one attached hydrogen (secondary N) is 1. The third kappa shape index (κ3) is 5.53. The Morgan fingerprint density at radius 1 is 1.16 bits per heavy atom. The number of carbonyl (C=O) groups is 1.